The van der Waals surface area contributed by atoms with E-state index in [0.29, 0.717) is 11.7 Å². The summed E-state index contributed by atoms with van der Waals surface area (Å²) in [4.78, 5) is 27.9. The highest BCUT2D eigenvalue weighted by Gasteiger charge is 2.70. The molecule has 5 aliphatic carbocycles. The van der Waals surface area contributed by atoms with Gasteiger partial charge in [-0.2, -0.15) is 5.10 Å². The van der Waals surface area contributed by atoms with Crippen LogP contribution in [0.1, 0.15) is 128 Å². The molecule has 9 rings (SSSR count). The minimum atomic E-state index is -0.715. The molecule has 3 aromatic carbocycles. The smallest absolute Gasteiger partial charge is 0.412 e. The zero-order valence-corrected chi connectivity index (χ0v) is 37.1. The molecule has 4 aromatic rings. The molecule has 1 heterocycles. The number of benzene rings is 3. The zero-order valence-electron chi connectivity index (χ0n) is 37.1. The number of aromatic nitrogens is 2. The molecule has 4 N–H and O–H groups in total. The summed E-state index contributed by atoms with van der Waals surface area (Å²) in [5, 5.41) is 10.6. The van der Waals surface area contributed by atoms with Gasteiger partial charge in [0.25, 0.3) is 0 Å². The Kier molecular flexibility index (Phi) is 9.91. The summed E-state index contributed by atoms with van der Waals surface area (Å²) >= 11 is 0. The van der Waals surface area contributed by atoms with Crippen LogP contribution in [0, 0.1) is 50.6 Å². The first-order valence-electron chi connectivity index (χ1n) is 22.5. The minimum absolute atomic E-state index is 0.00657. The fraction of sp³-hybridized carbons (Fsp3) is 0.519. The summed E-state index contributed by atoms with van der Waals surface area (Å²) in [7, 11) is 0. The number of fused-ring (bicyclic) bond motifs is 8. The standard InChI is InChI=1S/C52H63FN4O4/c1-47(2)22-24-52(45(58)60-30-32-14-10-8-11-15-32)25-23-51(7)42(37(52)29-47)35(34-18-19-39(38(53)26-34)55-46(59)61-31-33-16-12-9-13-17-33)27-41-49(5)28-36-43(56-57-44(36)54)48(3,4)40(49)20-21-50(41,51)6/h8-19,26,37,40-41H,20-25,27-31H2,1-7H3,(H,55,59)(H3,54,56,57)/t37?,40?,41?,49-,50+,51+,52-/m0/s1. The van der Waals surface area contributed by atoms with Gasteiger partial charge >= 0.3 is 12.1 Å². The molecule has 1 amide bonds. The van der Waals surface area contributed by atoms with Crippen molar-refractivity contribution in [3.8, 4) is 0 Å². The van der Waals surface area contributed by atoms with Crippen molar-refractivity contribution < 1.29 is 23.5 Å². The second-order valence-electron chi connectivity index (χ2n) is 21.4. The average Bonchev–Trinajstić information content (AvgIpc) is 3.60. The molecular weight excluding hydrogens is 764 g/mol. The zero-order chi connectivity index (χ0) is 43.2. The van der Waals surface area contributed by atoms with E-state index in [9.17, 15) is 9.59 Å². The van der Waals surface area contributed by atoms with E-state index in [0.717, 1.165) is 91.3 Å². The minimum Gasteiger partial charge on any atom is -0.460 e. The molecule has 0 saturated heterocycles. The molecule has 7 atom stereocenters. The van der Waals surface area contributed by atoms with E-state index in [4.69, 9.17) is 15.2 Å². The monoisotopic (exact) mass is 826 g/mol. The van der Waals surface area contributed by atoms with Crippen LogP contribution in [0.25, 0.3) is 5.57 Å². The number of hydrogen-bond donors (Lipinski definition) is 3. The van der Waals surface area contributed by atoms with Crippen molar-refractivity contribution in [3.63, 3.8) is 0 Å². The van der Waals surface area contributed by atoms with Crippen LogP contribution >= 0.6 is 0 Å². The molecule has 1 aromatic heterocycles. The Bertz CT molecular complexity index is 2390. The number of anilines is 2. The van der Waals surface area contributed by atoms with Crippen LogP contribution in [0.5, 0.6) is 0 Å². The number of nitrogens with one attached hydrogen (secondary N) is 2. The lowest BCUT2D eigenvalue weighted by Crippen LogP contribution is -2.65. The number of rotatable bonds is 7. The molecule has 9 heteroatoms. The van der Waals surface area contributed by atoms with Crippen molar-refractivity contribution in [1.82, 2.24) is 10.2 Å². The van der Waals surface area contributed by atoms with Crippen LogP contribution in [0.3, 0.4) is 0 Å². The lowest BCUT2D eigenvalue weighted by atomic mass is 9.33. The molecule has 0 bridgehead atoms. The van der Waals surface area contributed by atoms with Gasteiger partial charge in [-0.05, 0) is 132 Å². The second-order valence-corrected chi connectivity index (χ2v) is 21.4. The third kappa shape index (κ3) is 6.54. The number of carbonyl (C=O) groups excluding carboxylic acids is 2. The largest absolute Gasteiger partial charge is 0.460 e. The topological polar surface area (TPSA) is 119 Å². The van der Waals surface area contributed by atoms with E-state index in [-0.39, 0.29) is 63.8 Å². The summed E-state index contributed by atoms with van der Waals surface area (Å²) in [6.45, 7) is 17.2. The van der Waals surface area contributed by atoms with Crippen LogP contribution < -0.4 is 11.1 Å². The number of aromatic amines is 1. The van der Waals surface area contributed by atoms with Gasteiger partial charge in [0.2, 0.25) is 0 Å². The predicted molar refractivity (Wildman–Crippen MR) is 237 cm³/mol. The van der Waals surface area contributed by atoms with Crippen LogP contribution in [0.4, 0.5) is 20.7 Å². The molecule has 3 saturated carbocycles. The number of H-pyrrole nitrogens is 1. The van der Waals surface area contributed by atoms with E-state index in [1.54, 1.807) is 12.1 Å². The first-order valence-corrected chi connectivity index (χ1v) is 22.5. The van der Waals surface area contributed by atoms with Gasteiger partial charge in [-0.1, -0.05) is 121 Å². The highest BCUT2D eigenvalue weighted by atomic mass is 19.1. The van der Waals surface area contributed by atoms with Crippen molar-refractivity contribution in [3.05, 3.63) is 118 Å². The Morgan fingerprint density at radius 2 is 1.49 bits per heavy atom. The fourth-order valence-electron chi connectivity index (χ4n) is 14.0. The Balaban J connectivity index is 1.17. The van der Waals surface area contributed by atoms with Gasteiger partial charge in [-0.3, -0.25) is 15.2 Å². The summed E-state index contributed by atoms with van der Waals surface area (Å²) in [6.07, 6.45) is 7.11. The molecule has 61 heavy (non-hydrogen) atoms. The Morgan fingerprint density at radius 3 is 2.16 bits per heavy atom. The van der Waals surface area contributed by atoms with Crippen molar-refractivity contribution in [1.29, 1.82) is 0 Å². The lowest BCUT2D eigenvalue weighted by molar-refractivity contribution is -0.181. The molecule has 0 radical (unpaired) electrons. The van der Waals surface area contributed by atoms with Crippen molar-refractivity contribution in [2.45, 2.75) is 125 Å². The summed E-state index contributed by atoms with van der Waals surface area (Å²) in [6, 6.07) is 24.6. The average molecular weight is 827 g/mol. The van der Waals surface area contributed by atoms with Crippen LogP contribution in [0.2, 0.25) is 0 Å². The van der Waals surface area contributed by atoms with E-state index in [1.807, 2.05) is 66.7 Å². The third-order valence-corrected chi connectivity index (χ3v) is 17.4. The van der Waals surface area contributed by atoms with Gasteiger partial charge in [-0.25, -0.2) is 9.18 Å². The molecule has 3 unspecified atom stereocenters. The molecule has 3 fully saturated rings. The first kappa shape index (κ1) is 41.4. The van der Waals surface area contributed by atoms with Gasteiger partial charge in [0, 0.05) is 16.7 Å². The fourth-order valence-corrected chi connectivity index (χ4v) is 14.0. The van der Waals surface area contributed by atoms with Gasteiger partial charge in [0.05, 0.1) is 11.1 Å². The van der Waals surface area contributed by atoms with Gasteiger partial charge in [0.15, 0.2) is 0 Å². The SMILES string of the molecule is CC1(C)CC[C@]2(C(=O)OCc3ccccc3)CC[C@]3(C)C(=C(c4ccc(NC(=O)OCc5ccccc5)c(F)c4)CC4[C@@]5(C)Cc6c(N)n[nH]c6C(C)(C)C5CC[C@]43C)C2C1. The maximum Gasteiger partial charge on any atom is 0.412 e. The van der Waals surface area contributed by atoms with E-state index in [2.05, 4.69) is 64.0 Å². The second kappa shape index (κ2) is 14.6. The first-order chi connectivity index (χ1) is 28.9. The Labute approximate surface area is 360 Å². The molecule has 0 spiro atoms. The number of nitrogens with two attached hydrogens (primary N) is 1. The van der Waals surface area contributed by atoms with Gasteiger partial charge in [-0.15, -0.1) is 0 Å². The summed E-state index contributed by atoms with van der Waals surface area (Å²) in [5.74, 6) is 0.475. The molecule has 8 nitrogen and oxygen atoms in total. The molecule has 5 aliphatic rings. The Hall–Kier alpha value is -4.92. The van der Waals surface area contributed by atoms with Crippen LogP contribution in [-0.2, 0) is 39.3 Å². The maximum absolute atomic E-state index is 16.6. The highest BCUT2D eigenvalue weighted by molar-refractivity contribution is 5.86. The number of allylic oxidation sites excluding steroid dienone is 2. The van der Waals surface area contributed by atoms with Gasteiger partial charge in [0.1, 0.15) is 24.8 Å². The number of halogens is 1. The van der Waals surface area contributed by atoms with Crippen LogP contribution in [0.15, 0.2) is 84.4 Å². The number of nitrogens with zero attached hydrogens (tertiary/aromatic N) is 1. The third-order valence-electron chi connectivity index (χ3n) is 17.4. The van der Waals surface area contributed by atoms with Crippen molar-refractivity contribution in [2.75, 3.05) is 11.1 Å². The number of nitrogen functional groups attached to an aromatic ring is 1. The number of carbonyl (C=O) groups is 2. The number of esters is 1. The van der Waals surface area contributed by atoms with Crippen molar-refractivity contribution in [2.24, 2.45) is 44.8 Å². The molecule has 322 valence electrons. The number of ether oxygens (including phenoxy) is 2. The number of hydrogen-bond acceptors (Lipinski definition) is 6. The van der Waals surface area contributed by atoms with Crippen LogP contribution in [-0.4, -0.2) is 22.3 Å². The van der Waals surface area contributed by atoms with E-state index in [1.165, 1.54) is 5.57 Å². The van der Waals surface area contributed by atoms with Gasteiger partial charge < -0.3 is 15.2 Å². The highest BCUT2D eigenvalue weighted by Crippen LogP contribution is 2.77. The van der Waals surface area contributed by atoms with E-state index < -0.39 is 17.3 Å². The maximum atomic E-state index is 16.6. The predicted octanol–water partition coefficient (Wildman–Crippen LogP) is 12.0. The quantitative estimate of drug-likeness (QED) is 0.160. The lowest BCUT2D eigenvalue weighted by Gasteiger charge is -2.71. The van der Waals surface area contributed by atoms with Crippen molar-refractivity contribution >= 4 is 29.1 Å². The summed E-state index contributed by atoms with van der Waals surface area (Å²) in [5.41, 5.74) is 12.7. The molecular formula is C52H63FN4O4. The molecule has 0 aliphatic heterocycles. The summed E-state index contributed by atoms with van der Waals surface area (Å²) < 4.78 is 28.4. The number of amides is 1. The normalized spacial score (nSPS) is 32.0. The van der Waals surface area contributed by atoms with E-state index >= 15 is 4.39 Å². The Morgan fingerprint density at radius 1 is 0.836 bits per heavy atom.